The van der Waals surface area contributed by atoms with Crippen molar-refractivity contribution in [2.24, 2.45) is 0 Å². The van der Waals surface area contributed by atoms with Gasteiger partial charge in [0, 0.05) is 17.2 Å². The van der Waals surface area contributed by atoms with Crippen molar-refractivity contribution in [2.45, 2.75) is 32.2 Å². The van der Waals surface area contributed by atoms with Crippen LogP contribution in [-0.2, 0) is 0 Å². The second-order valence-electron chi connectivity index (χ2n) is 6.87. The lowest BCUT2D eigenvalue weighted by molar-refractivity contribution is 0.0898. The number of carbonyl (C=O) groups excluding carboxylic acids is 1. The predicted molar refractivity (Wildman–Crippen MR) is 92.9 cm³/mol. The van der Waals surface area contributed by atoms with Gasteiger partial charge in [0.05, 0.1) is 0 Å². The Morgan fingerprint density at radius 2 is 2.08 bits per heavy atom. The molecule has 1 aromatic heterocycles. The first kappa shape index (κ1) is 18.0. The van der Waals surface area contributed by atoms with Crippen LogP contribution in [0.25, 0.3) is 11.3 Å². The first-order valence-corrected chi connectivity index (χ1v) is 8.00. The third-order valence-electron chi connectivity index (χ3n) is 3.73. The molecular formula is C18H25N3O3. The Morgan fingerprint density at radius 1 is 1.33 bits per heavy atom. The van der Waals surface area contributed by atoms with Crippen LogP contribution in [0.5, 0.6) is 5.75 Å². The second-order valence-corrected chi connectivity index (χ2v) is 6.87. The maximum atomic E-state index is 12.4. The molecule has 6 nitrogen and oxygen atoms in total. The Bertz CT molecular complexity index is 692. The molecule has 0 atom stereocenters. The largest absolute Gasteiger partial charge is 0.508 e. The molecular weight excluding hydrogens is 306 g/mol. The normalized spacial score (nSPS) is 11.7. The lowest BCUT2D eigenvalue weighted by Crippen LogP contribution is -2.43. The Morgan fingerprint density at radius 3 is 2.75 bits per heavy atom. The van der Waals surface area contributed by atoms with E-state index in [1.54, 1.807) is 30.3 Å². The summed E-state index contributed by atoms with van der Waals surface area (Å²) in [6.07, 6.45) is 1.86. The molecule has 2 rings (SSSR count). The van der Waals surface area contributed by atoms with Crippen molar-refractivity contribution in [3.8, 4) is 17.1 Å². The number of carbonyl (C=O) groups is 1. The number of nitrogens with one attached hydrogen (secondary N) is 1. The number of phenols is 1. The maximum absolute atomic E-state index is 12.4. The molecule has 0 bridgehead atoms. The highest BCUT2D eigenvalue weighted by Gasteiger charge is 2.23. The molecule has 130 valence electrons. The van der Waals surface area contributed by atoms with Crippen molar-refractivity contribution >= 4 is 5.91 Å². The van der Waals surface area contributed by atoms with E-state index in [1.165, 1.54) is 0 Å². The summed E-state index contributed by atoms with van der Waals surface area (Å²) >= 11 is 0. The van der Waals surface area contributed by atoms with Crippen molar-refractivity contribution in [2.75, 3.05) is 20.6 Å². The highest BCUT2D eigenvalue weighted by atomic mass is 16.5. The summed E-state index contributed by atoms with van der Waals surface area (Å²) in [5.41, 5.74) is 0.581. The van der Waals surface area contributed by atoms with Gasteiger partial charge < -0.3 is 19.8 Å². The third-order valence-corrected chi connectivity index (χ3v) is 3.73. The molecule has 0 aliphatic rings. The summed E-state index contributed by atoms with van der Waals surface area (Å²) in [7, 11) is 4.06. The van der Waals surface area contributed by atoms with Gasteiger partial charge in [-0.2, -0.15) is 0 Å². The summed E-state index contributed by atoms with van der Waals surface area (Å²) in [6.45, 7) is 4.97. The fourth-order valence-corrected chi connectivity index (χ4v) is 2.45. The molecule has 0 radical (unpaired) electrons. The molecule has 0 saturated carbocycles. The average Bonchev–Trinajstić information content (AvgIpc) is 2.96. The minimum atomic E-state index is -0.322. The Labute approximate surface area is 142 Å². The smallest absolute Gasteiger partial charge is 0.273 e. The zero-order valence-electron chi connectivity index (χ0n) is 14.7. The highest BCUT2D eigenvalue weighted by molar-refractivity contribution is 5.93. The molecule has 24 heavy (non-hydrogen) atoms. The van der Waals surface area contributed by atoms with Crippen LogP contribution in [0, 0.1) is 0 Å². The van der Waals surface area contributed by atoms with Gasteiger partial charge in [0.1, 0.15) is 5.75 Å². The van der Waals surface area contributed by atoms with Gasteiger partial charge in [-0.3, -0.25) is 4.79 Å². The SMILES string of the molecule is CN(C)CCCC(C)(C)NC(=O)c1cc(-c2cccc(O)c2)on1. The van der Waals surface area contributed by atoms with Crippen LogP contribution < -0.4 is 5.32 Å². The first-order valence-electron chi connectivity index (χ1n) is 8.00. The van der Waals surface area contributed by atoms with E-state index in [4.69, 9.17) is 4.52 Å². The number of hydrogen-bond donors (Lipinski definition) is 2. The zero-order chi connectivity index (χ0) is 17.7. The fraction of sp³-hybridized carbons (Fsp3) is 0.444. The molecule has 0 saturated heterocycles. The molecule has 6 heteroatoms. The lowest BCUT2D eigenvalue weighted by atomic mass is 9.98. The summed E-state index contributed by atoms with van der Waals surface area (Å²) in [6, 6.07) is 8.21. The minimum Gasteiger partial charge on any atom is -0.508 e. The number of amides is 1. The van der Waals surface area contributed by atoms with Gasteiger partial charge in [-0.25, -0.2) is 0 Å². The van der Waals surface area contributed by atoms with Gasteiger partial charge >= 0.3 is 0 Å². The molecule has 0 unspecified atom stereocenters. The maximum Gasteiger partial charge on any atom is 0.273 e. The van der Waals surface area contributed by atoms with Crippen molar-refractivity contribution in [1.29, 1.82) is 0 Å². The van der Waals surface area contributed by atoms with Gasteiger partial charge in [-0.1, -0.05) is 17.3 Å². The van der Waals surface area contributed by atoms with Crippen molar-refractivity contribution in [1.82, 2.24) is 15.4 Å². The van der Waals surface area contributed by atoms with Crippen molar-refractivity contribution < 1.29 is 14.4 Å². The number of phenolic OH excluding ortho intramolecular Hbond substituents is 1. The van der Waals surface area contributed by atoms with E-state index in [0.29, 0.717) is 11.3 Å². The molecule has 1 heterocycles. The van der Waals surface area contributed by atoms with E-state index in [9.17, 15) is 9.90 Å². The van der Waals surface area contributed by atoms with Crippen LogP contribution in [0.3, 0.4) is 0 Å². The highest BCUT2D eigenvalue weighted by Crippen LogP contribution is 2.24. The molecule has 1 aromatic carbocycles. The van der Waals surface area contributed by atoms with E-state index < -0.39 is 0 Å². The average molecular weight is 331 g/mol. The summed E-state index contributed by atoms with van der Waals surface area (Å²) in [4.78, 5) is 14.5. The van der Waals surface area contributed by atoms with E-state index in [1.807, 2.05) is 27.9 Å². The van der Waals surface area contributed by atoms with Gasteiger partial charge in [0.2, 0.25) is 0 Å². The number of aromatic nitrogens is 1. The Hall–Kier alpha value is -2.34. The standard InChI is InChI=1S/C18H25N3O3/c1-18(2,9-6-10-21(3)4)19-17(23)15-12-16(24-20-15)13-7-5-8-14(22)11-13/h5,7-8,11-12,22H,6,9-10H2,1-4H3,(H,19,23). The molecule has 0 aliphatic heterocycles. The summed E-state index contributed by atoms with van der Waals surface area (Å²) in [5, 5.41) is 16.4. The van der Waals surface area contributed by atoms with Crippen molar-refractivity contribution in [3.63, 3.8) is 0 Å². The number of nitrogens with zero attached hydrogens (tertiary/aromatic N) is 2. The predicted octanol–water partition coefficient (Wildman–Crippen LogP) is 2.90. The van der Waals surface area contributed by atoms with Gasteiger partial charge in [0.25, 0.3) is 5.91 Å². The first-order chi connectivity index (χ1) is 11.3. The van der Waals surface area contributed by atoms with Crippen LogP contribution in [-0.4, -0.2) is 47.2 Å². The van der Waals surface area contributed by atoms with E-state index in [0.717, 1.165) is 19.4 Å². The second kappa shape index (κ2) is 7.49. The van der Waals surface area contributed by atoms with Crippen LogP contribution in [0.4, 0.5) is 0 Å². The molecule has 1 amide bonds. The molecule has 2 aromatic rings. The molecule has 0 aliphatic carbocycles. The number of hydrogen-bond acceptors (Lipinski definition) is 5. The van der Waals surface area contributed by atoms with Crippen LogP contribution in [0.1, 0.15) is 37.2 Å². The summed E-state index contributed by atoms with van der Waals surface area (Å²) < 4.78 is 5.23. The van der Waals surface area contributed by atoms with Crippen LogP contribution in [0.15, 0.2) is 34.9 Å². The topological polar surface area (TPSA) is 78.6 Å². The van der Waals surface area contributed by atoms with Gasteiger partial charge in [0.15, 0.2) is 11.5 Å². The Balaban J connectivity index is 2.00. The van der Waals surface area contributed by atoms with Crippen molar-refractivity contribution in [3.05, 3.63) is 36.0 Å². The zero-order valence-corrected chi connectivity index (χ0v) is 14.7. The van der Waals surface area contributed by atoms with E-state index in [-0.39, 0.29) is 22.9 Å². The number of aromatic hydroxyl groups is 1. The monoisotopic (exact) mass is 331 g/mol. The quantitative estimate of drug-likeness (QED) is 0.815. The summed E-state index contributed by atoms with van der Waals surface area (Å²) in [5.74, 6) is 0.318. The number of benzene rings is 1. The lowest BCUT2D eigenvalue weighted by Gasteiger charge is -2.26. The fourth-order valence-electron chi connectivity index (χ4n) is 2.45. The Kier molecular flexibility index (Phi) is 5.62. The minimum absolute atomic E-state index is 0.136. The number of rotatable bonds is 7. The van der Waals surface area contributed by atoms with Crippen LogP contribution >= 0.6 is 0 Å². The van der Waals surface area contributed by atoms with Gasteiger partial charge in [-0.05, 0) is 59.5 Å². The third kappa shape index (κ3) is 5.09. The van der Waals surface area contributed by atoms with E-state index >= 15 is 0 Å². The van der Waals surface area contributed by atoms with Gasteiger partial charge in [-0.15, -0.1) is 0 Å². The molecule has 0 fully saturated rings. The molecule has 0 spiro atoms. The van der Waals surface area contributed by atoms with E-state index in [2.05, 4.69) is 15.4 Å². The van der Waals surface area contributed by atoms with Crippen LogP contribution in [0.2, 0.25) is 0 Å². The molecule has 2 N–H and O–H groups in total.